The second kappa shape index (κ2) is 6.21. The number of hydrogen-bond donors (Lipinski definition) is 0. The van der Waals surface area contributed by atoms with Gasteiger partial charge in [-0.25, -0.2) is 0 Å². The van der Waals surface area contributed by atoms with Crippen molar-refractivity contribution in [3.8, 4) is 0 Å². The van der Waals surface area contributed by atoms with Gasteiger partial charge in [-0.2, -0.15) is 0 Å². The number of hydrogen-bond acceptors (Lipinski definition) is 2. The monoisotopic (exact) mass is 217 g/mol. The first-order chi connectivity index (χ1) is 7.65. The van der Waals surface area contributed by atoms with Gasteiger partial charge in [-0.1, -0.05) is 31.9 Å². The van der Waals surface area contributed by atoms with Crippen LogP contribution in [0.4, 0.5) is 0 Å². The summed E-state index contributed by atoms with van der Waals surface area (Å²) in [5.41, 5.74) is 1.97. The lowest BCUT2D eigenvalue weighted by Crippen LogP contribution is -2.09. The van der Waals surface area contributed by atoms with E-state index in [1.54, 1.807) is 18.5 Å². The lowest BCUT2D eigenvalue weighted by atomic mass is 9.97. The highest BCUT2D eigenvalue weighted by Crippen LogP contribution is 2.13. The molecule has 0 aromatic carbocycles. The first-order valence-electron chi connectivity index (χ1n) is 5.76. The molecular formula is C14H19NO. The molecule has 1 aromatic heterocycles. The van der Waals surface area contributed by atoms with E-state index in [4.69, 9.17) is 0 Å². The number of carbonyl (C=O) groups is 1. The van der Waals surface area contributed by atoms with Gasteiger partial charge in [0, 0.05) is 23.9 Å². The van der Waals surface area contributed by atoms with Crippen molar-refractivity contribution >= 4 is 5.78 Å². The standard InChI is InChI=1S/C14H19NO/c1-4-6-11(2)9-12(3)14(16)13-7-5-8-15-10-13/h5,7-10,12H,4,6H2,1-3H3/b11-9+. The van der Waals surface area contributed by atoms with Crippen molar-refractivity contribution in [3.05, 3.63) is 41.7 Å². The van der Waals surface area contributed by atoms with Gasteiger partial charge in [0.05, 0.1) is 0 Å². The Labute approximate surface area is 97.4 Å². The molecule has 86 valence electrons. The van der Waals surface area contributed by atoms with Crippen molar-refractivity contribution in [2.45, 2.75) is 33.6 Å². The summed E-state index contributed by atoms with van der Waals surface area (Å²) in [4.78, 5) is 16.0. The lowest BCUT2D eigenvalue weighted by Gasteiger charge is -2.07. The summed E-state index contributed by atoms with van der Waals surface area (Å²) in [5.74, 6) is 0.0827. The molecule has 0 aliphatic heterocycles. The van der Waals surface area contributed by atoms with Gasteiger partial charge in [0.1, 0.15) is 0 Å². The van der Waals surface area contributed by atoms with Crippen LogP contribution in [0.5, 0.6) is 0 Å². The number of rotatable bonds is 5. The molecule has 0 amide bonds. The van der Waals surface area contributed by atoms with E-state index in [-0.39, 0.29) is 11.7 Å². The van der Waals surface area contributed by atoms with Crippen molar-refractivity contribution in [1.29, 1.82) is 0 Å². The summed E-state index contributed by atoms with van der Waals surface area (Å²) in [6.45, 7) is 6.16. The van der Waals surface area contributed by atoms with Gasteiger partial charge in [0.15, 0.2) is 5.78 Å². The Morgan fingerprint density at radius 2 is 2.31 bits per heavy atom. The van der Waals surface area contributed by atoms with Gasteiger partial charge in [0.25, 0.3) is 0 Å². The number of ketones is 1. The summed E-state index contributed by atoms with van der Waals surface area (Å²) in [6.07, 6.45) is 7.54. The molecule has 0 saturated carbocycles. The van der Waals surface area contributed by atoms with Crippen molar-refractivity contribution < 1.29 is 4.79 Å². The SMILES string of the molecule is CCC/C(C)=C/C(C)C(=O)c1cccnc1. The Balaban J connectivity index is 2.72. The third kappa shape index (κ3) is 3.61. The summed E-state index contributed by atoms with van der Waals surface area (Å²) < 4.78 is 0. The molecule has 2 nitrogen and oxygen atoms in total. The van der Waals surface area contributed by atoms with Crippen molar-refractivity contribution in [2.24, 2.45) is 5.92 Å². The summed E-state index contributed by atoms with van der Waals surface area (Å²) in [7, 11) is 0. The van der Waals surface area contributed by atoms with Crippen LogP contribution < -0.4 is 0 Å². The Bertz CT molecular complexity index is 368. The second-order valence-corrected chi connectivity index (χ2v) is 4.16. The predicted molar refractivity (Wildman–Crippen MR) is 66.4 cm³/mol. The Kier molecular flexibility index (Phi) is 4.90. The van der Waals surface area contributed by atoms with Crippen LogP contribution in [0.25, 0.3) is 0 Å². The Hall–Kier alpha value is -1.44. The predicted octanol–water partition coefficient (Wildman–Crippen LogP) is 3.65. The average Bonchev–Trinajstić information content (AvgIpc) is 2.29. The molecular weight excluding hydrogens is 198 g/mol. The first kappa shape index (κ1) is 12.6. The smallest absolute Gasteiger partial charge is 0.170 e. The van der Waals surface area contributed by atoms with Crippen molar-refractivity contribution in [2.75, 3.05) is 0 Å². The average molecular weight is 217 g/mol. The van der Waals surface area contributed by atoms with Crippen LogP contribution in [0.2, 0.25) is 0 Å². The van der Waals surface area contributed by atoms with Crippen LogP contribution in [0, 0.1) is 5.92 Å². The van der Waals surface area contributed by atoms with Gasteiger partial charge < -0.3 is 0 Å². The molecule has 1 rings (SSSR count). The molecule has 0 aliphatic rings. The number of pyridine rings is 1. The third-order valence-electron chi connectivity index (χ3n) is 2.54. The minimum Gasteiger partial charge on any atom is -0.293 e. The fraction of sp³-hybridized carbons (Fsp3) is 0.429. The quantitative estimate of drug-likeness (QED) is 0.556. The number of nitrogens with zero attached hydrogens (tertiary/aromatic N) is 1. The van der Waals surface area contributed by atoms with Crippen molar-refractivity contribution in [3.63, 3.8) is 0 Å². The van der Waals surface area contributed by atoms with E-state index >= 15 is 0 Å². The highest BCUT2D eigenvalue weighted by molar-refractivity contribution is 5.98. The fourth-order valence-electron chi connectivity index (χ4n) is 1.75. The maximum atomic E-state index is 12.0. The van der Waals surface area contributed by atoms with E-state index in [9.17, 15) is 4.79 Å². The van der Waals surface area contributed by atoms with Crippen molar-refractivity contribution in [1.82, 2.24) is 4.98 Å². The minimum absolute atomic E-state index is 0.0595. The summed E-state index contributed by atoms with van der Waals surface area (Å²) in [5, 5.41) is 0. The van der Waals surface area contributed by atoms with Gasteiger partial charge in [0.2, 0.25) is 0 Å². The molecule has 0 aliphatic carbocycles. The highest BCUT2D eigenvalue weighted by atomic mass is 16.1. The topological polar surface area (TPSA) is 30.0 Å². The van der Waals surface area contributed by atoms with E-state index < -0.39 is 0 Å². The normalized spacial score (nSPS) is 13.6. The molecule has 0 spiro atoms. The van der Waals surface area contributed by atoms with E-state index in [0.29, 0.717) is 5.56 Å². The molecule has 1 heterocycles. The molecule has 2 heteroatoms. The first-order valence-corrected chi connectivity index (χ1v) is 5.76. The molecule has 0 fully saturated rings. The maximum absolute atomic E-state index is 12.0. The van der Waals surface area contributed by atoms with Crippen LogP contribution >= 0.6 is 0 Å². The molecule has 0 N–H and O–H groups in total. The van der Waals surface area contributed by atoms with Crippen LogP contribution in [-0.2, 0) is 0 Å². The molecule has 0 bridgehead atoms. The second-order valence-electron chi connectivity index (χ2n) is 4.16. The molecule has 1 aromatic rings. The summed E-state index contributed by atoms with van der Waals surface area (Å²) in [6, 6.07) is 3.61. The zero-order chi connectivity index (χ0) is 12.0. The molecule has 0 saturated heterocycles. The third-order valence-corrected chi connectivity index (χ3v) is 2.54. The fourth-order valence-corrected chi connectivity index (χ4v) is 1.75. The van der Waals surface area contributed by atoms with Gasteiger partial charge in [-0.3, -0.25) is 9.78 Å². The van der Waals surface area contributed by atoms with E-state index in [1.807, 2.05) is 13.0 Å². The number of carbonyl (C=O) groups excluding carboxylic acids is 1. The molecule has 16 heavy (non-hydrogen) atoms. The molecule has 1 atom stereocenters. The largest absolute Gasteiger partial charge is 0.293 e. The van der Waals surface area contributed by atoms with Crippen LogP contribution in [0.3, 0.4) is 0 Å². The van der Waals surface area contributed by atoms with Gasteiger partial charge >= 0.3 is 0 Å². The van der Waals surface area contributed by atoms with E-state index in [1.165, 1.54) is 5.57 Å². The molecule has 1 unspecified atom stereocenters. The zero-order valence-corrected chi connectivity index (χ0v) is 10.2. The van der Waals surface area contributed by atoms with E-state index in [2.05, 4.69) is 24.9 Å². The van der Waals surface area contributed by atoms with E-state index in [0.717, 1.165) is 12.8 Å². The summed E-state index contributed by atoms with van der Waals surface area (Å²) >= 11 is 0. The number of aromatic nitrogens is 1. The van der Waals surface area contributed by atoms with Gasteiger partial charge in [-0.05, 0) is 25.5 Å². The minimum atomic E-state index is -0.0595. The maximum Gasteiger partial charge on any atom is 0.170 e. The van der Waals surface area contributed by atoms with Crippen LogP contribution in [0.15, 0.2) is 36.2 Å². The van der Waals surface area contributed by atoms with Crippen LogP contribution in [-0.4, -0.2) is 10.8 Å². The zero-order valence-electron chi connectivity index (χ0n) is 10.2. The number of allylic oxidation sites excluding steroid dienone is 2. The lowest BCUT2D eigenvalue weighted by molar-refractivity contribution is 0.0952. The Morgan fingerprint density at radius 1 is 1.56 bits per heavy atom. The van der Waals surface area contributed by atoms with Crippen LogP contribution in [0.1, 0.15) is 44.0 Å². The Morgan fingerprint density at radius 3 is 2.88 bits per heavy atom. The van der Waals surface area contributed by atoms with Gasteiger partial charge in [-0.15, -0.1) is 0 Å². The number of Topliss-reactive ketones (excluding diaryl/α,β-unsaturated/α-hetero) is 1. The molecule has 0 radical (unpaired) electrons. The highest BCUT2D eigenvalue weighted by Gasteiger charge is 2.12.